The number of thioether (sulfide) groups is 1. The number of esters is 2. The minimum Gasteiger partial charge on any atom is -0.465 e. The van der Waals surface area contributed by atoms with Crippen molar-refractivity contribution in [3.8, 4) is 10.7 Å². The van der Waals surface area contributed by atoms with Crippen LogP contribution >= 0.6 is 34.4 Å². The van der Waals surface area contributed by atoms with Crippen molar-refractivity contribution in [2.45, 2.75) is 10.9 Å². The van der Waals surface area contributed by atoms with Gasteiger partial charge in [0.2, 0.25) is 0 Å². The molecule has 11 heteroatoms. The number of carbonyl (C=O) groups excluding carboxylic acids is 2. The van der Waals surface area contributed by atoms with E-state index >= 15 is 0 Å². The van der Waals surface area contributed by atoms with Crippen molar-refractivity contribution >= 4 is 51.4 Å². The highest BCUT2D eigenvalue weighted by Gasteiger charge is 2.27. The SMILES string of the molecule is COC(=O)c1sc(N)c(C(=O)OC)c1CSc1nnc(-c2cccs2)n1C. The summed E-state index contributed by atoms with van der Waals surface area (Å²) in [5.41, 5.74) is 6.61. The van der Waals surface area contributed by atoms with E-state index in [4.69, 9.17) is 15.2 Å². The molecule has 0 bridgehead atoms. The van der Waals surface area contributed by atoms with Crippen molar-refractivity contribution < 1.29 is 19.1 Å². The Hall–Kier alpha value is -2.37. The molecule has 3 heterocycles. The number of thiophene rings is 2. The quantitative estimate of drug-likeness (QED) is 0.475. The minimum atomic E-state index is -0.591. The molecule has 0 radical (unpaired) electrons. The van der Waals surface area contributed by atoms with Crippen LogP contribution in [0.15, 0.2) is 22.7 Å². The van der Waals surface area contributed by atoms with Gasteiger partial charge in [0.05, 0.1) is 24.7 Å². The van der Waals surface area contributed by atoms with Gasteiger partial charge in [-0.15, -0.1) is 32.9 Å². The second-order valence-electron chi connectivity index (χ2n) is 5.26. The van der Waals surface area contributed by atoms with E-state index in [2.05, 4.69) is 10.2 Å². The fourth-order valence-electron chi connectivity index (χ4n) is 2.40. The van der Waals surface area contributed by atoms with Crippen molar-refractivity contribution in [2.24, 2.45) is 7.05 Å². The van der Waals surface area contributed by atoms with E-state index in [9.17, 15) is 9.59 Å². The van der Waals surface area contributed by atoms with Gasteiger partial charge in [-0.1, -0.05) is 17.8 Å². The molecule has 8 nitrogen and oxygen atoms in total. The van der Waals surface area contributed by atoms with Crippen molar-refractivity contribution in [3.63, 3.8) is 0 Å². The summed E-state index contributed by atoms with van der Waals surface area (Å²) in [4.78, 5) is 25.5. The molecule has 0 aliphatic heterocycles. The largest absolute Gasteiger partial charge is 0.465 e. The number of nitrogens with two attached hydrogens (primary N) is 1. The molecule has 3 aromatic rings. The van der Waals surface area contributed by atoms with Gasteiger partial charge in [0.1, 0.15) is 9.88 Å². The molecule has 0 fully saturated rings. The molecule has 142 valence electrons. The molecule has 27 heavy (non-hydrogen) atoms. The van der Waals surface area contributed by atoms with E-state index < -0.39 is 11.9 Å². The highest BCUT2D eigenvalue weighted by molar-refractivity contribution is 7.98. The Morgan fingerprint density at radius 1 is 1.26 bits per heavy atom. The molecular weight excluding hydrogens is 408 g/mol. The van der Waals surface area contributed by atoms with Crippen LogP contribution < -0.4 is 5.73 Å². The molecular formula is C16H16N4O4S3. The maximum absolute atomic E-state index is 12.1. The van der Waals surface area contributed by atoms with E-state index in [0.29, 0.717) is 16.5 Å². The molecule has 0 saturated heterocycles. The summed E-state index contributed by atoms with van der Waals surface area (Å²) in [6, 6.07) is 3.91. The maximum atomic E-state index is 12.1. The van der Waals surface area contributed by atoms with Crippen LogP contribution in [0, 0.1) is 0 Å². The summed E-state index contributed by atoms with van der Waals surface area (Å²) < 4.78 is 11.5. The zero-order valence-corrected chi connectivity index (χ0v) is 17.2. The monoisotopic (exact) mass is 424 g/mol. The summed E-state index contributed by atoms with van der Waals surface area (Å²) in [6.07, 6.45) is 0. The summed E-state index contributed by atoms with van der Waals surface area (Å²) in [7, 11) is 4.41. The standard InChI is InChI=1S/C16H16N4O4S3/c1-20-13(9-5-4-6-25-9)18-19-16(20)26-7-8-10(14(21)23-2)12(17)27-11(8)15(22)24-3/h4-6H,7,17H2,1-3H3. The lowest BCUT2D eigenvalue weighted by Gasteiger charge is -2.06. The number of aromatic nitrogens is 3. The van der Waals surface area contributed by atoms with Crippen LogP contribution in [-0.4, -0.2) is 40.9 Å². The molecule has 0 aliphatic carbocycles. The van der Waals surface area contributed by atoms with Gasteiger partial charge >= 0.3 is 11.9 Å². The first-order valence-electron chi connectivity index (χ1n) is 7.61. The van der Waals surface area contributed by atoms with Gasteiger partial charge in [-0.3, -0.25) is 0 Å². The van der Waals surface area contributed by atoms with Crippen LogP contribution in [0.4, 0.5) is 5.00 Å². The zero-order valence-electron chi connectivity index (χ0n) is 14.7. The van der Waals surface area contributed by atoms with Gasteiger partial charge in [0.15, 0.2) is 11.0 Å². The third-order valence-electron chi connectivity index (χ3n) is 3.72. The number of nitrogens with zero attached hydrogens (tertiary/aromatic N) is 3. The third-order valence-corrected chi connectivity index (χ3v) is 6.67. The minimum absolute atomic E-state index is 0.191. The number of nitrogen functional groups attached to an aromatic ring is 1. The number of ether oxygens (including phenoxy) is 2. The highest BCUT2D eigenvalue weighted by Crippen LogP contribution is 2.36. The summed E-state index contributed by atoms with van der Waals surface area (Å²) in [5, 5.41) is 11.3. The average Bonchev–Trinajstić information content (AvgIpc) is 3.38. The highest BCUT2D eigenvalue weighted by atomic mass is 32.2. The first-order valence-corrected chi connectivity index (χ1v) is 10.3. The first-order chi connectivity index (χ1) is 13.0. The number of hydrogen-bond acceptors (Lipinski definition) is 10. The molecule has 2 N–H and O–H groups in total. The first kappa shape index (κ1) is 19.4. The van der Waals surface area contributed by atoms with Crippen molar-refractivity contribution in [1.82, 2.24) is 14.8 Å². The fraction of sp³-hybridized carbons (Fsp3) is 0.250. The Morgan fingerprint density at radius 2 is 2.00 bits per heavy atom. The molecule has 3 aromatic heterocycles. The van der Waals surface area contributed by atoms with Crippen LogP contribution in [0.25, 0.3) is 10.7 Å². The second-order valence-corrected chi connectivity index (χ2v) is 8.21. The summed E-state index contributed by atoms with van der Waals surface area (Å²) >= 11 is 3.92. The molecule has 0 amide bonds. The van der Waals surface area contributed by atoms with Crippen LogP contribution in [-0.2, 0) is 22.3 Å². The number of hydrogen-bond donors (Lipinski definition) is 1. The smallest absolute Gasteiger partial charge is 0.348 e. The fourth-order valence-corrected chi connectivity index (χ4v) is 5.17. The molecule has 0 aliphatic rings. The van der Waals surface area contributed by atoms with E-state index in [1.807, 2.05) is 29.1 Å². The predicted octanol–water partition coefficient (Wildman–Crippen LogP) is 3.05. The van der Waals surface area contributed by atoms with Crippen molar-refractivity contribution in [2.75, 3.05) is 20.0 Å². The molecule has 0 aromatic carbocycles. The van der Waals surface area contributed by atoms with Gasteiger partial charge in [-0.05, 0) is 11.4 Å². The molecule has 0 spiro atoms. The Labute approximate surface area is 167 Å². The van der Waals surface area contributed by atoms with E-state index in [0.717, 1.165) is 22.0 Å². The van der Waals surface area contributed by atoms with E-state index in [1.54, 1.807) is 11.3 Å². The van der Waals surface area contributed by atoms with Gasteiger partial charge in [0.25, 0.3) is 0 Å². The lowest BCUT2D eigenvalue weighted by Crippen LogP contribution is -2.08. The Morgan fingerprint density at radius 3 is 2.63 bits per heavy atom. The molecule has 0 unspecified atom stereocenters. The normalized spacial score (nSPS) is 10.8. The van der Waals surface area contributed by atoms with E-state index in [1.165, 1.54) is 26.0 Å². The molecule has 3 rings (SSSR count). The van der Waals surface area contributed by atoms with Gasteiger partial charge in [-0.2, -0.15) is 0 Å². The van der Waals surface area contributed by atoms with Gasteiger partial charge < -0.3 is 19.8 Å². The number of anilines is 1. The van der Waals surface area contributed by atoms with Crippen LogP contribution in [0.1, 0.15) is 25.6 Å². The van der Waals surface area contributed by atoms with Crippen molar-refractivity contribution in [3.05, 3.63) is 33.5 Å². The summed E-state index contributed by atoms with van der Waals surface area (Å²) in [6.45, 7) is 0. The van der Waals surface area contributed by atoms with Gasteiger partial charge in [-0.25, -0.2) is 9.59 Å². The molecule has 0 saturated carbocycles. The Bertz CT molecular complexity index is 978. The third kappa shape index (κ3) is 3.70. The number of carbonyl (C=O) groups is 2. The second kappa shape index (κ2) is 8.11. The number of rotatable bonds is 6. The summed E-state index contributed by atoms with van der Waals surface area (Å²) in [5.74, 6) is -0.0981. The topological polar surface area (TPSA) is 109 Å². The average molecular weight is 425 g/mol. The van der Waals surface area contributed by atoms with E-state index in [-0.39, 0.29) is 15.4 Å². The van der Waals surface area contributed by atoms with Crippen LogP contribution in [0.2, 0.25) is 0 Å². The van der Waals surface area contributed by atoms with Crippen molar-refractivity contribution in [1.29, 1.82) is 0 Å². The number of methoxy groups -OCH3 is 2. The Balaban J connectivity index is 1.92. The predicted molar refractivity (Wildman–Crippen MR) is 105 cm³/mol. The Kier molecular flexibility index (Phi) is 5.82. The lowest BCUT2D eigenvalue weighted by molar-refractivity contribution is 0.0601. The van der Waals surface area contributed by atoms with Crippen LogP contribution in [0.5, 0.6) is 0 Å². The zero-order chi connectivity index (χ0) is 19.6. The van der Waals surface area contributed by atoms with Gasteiger partial charge in [0, 0.05) is 18.4 Å². The molecule has 0 atom stereocenters. The lowest BCUT2D eigenvalue weighted by atomic mass is 10.1. The van der Waals surface area contributed by atoms with Crippen LogP contribution in [0.3, 0.4) is 0 Å². The maximum Gasteiger partial charge on any atom is 0.348 e.